The Morgan fingerprint density at radius 1 is 1.28 bits per heavy atom. The highest BCUT2D eigenvalue weighted by Gasteiger charge is 2.20. The number of hydrogen-bond donors (Lipinski definition) is 1. The highest BCUT2D eigenvalue weighted by Crippen LogP contribution is 2.28. The van der Waals surface area contributed by atoms with E-state index in [1.807, 2.05) is 0 Å². The first-order valence-corrected chi connectivity index (χ1v) is 7.59. The Morgan fingerprint density at radius 3 is 2.61 bits per heavy atom. The van der Waals surface area contributed by atoms with Crippen LogP contribution in [-0.2, 0) is 4.74 Å². The van der Waals surface area contributed by atoms with E-state index >= 15 is 0 Å². The second-order valence-corrected chi connectivity index (χ2v) is 6.29. The molecule has 0 heterocycles. The van der Waals surface area contributed by atoms with E-state index in [0.29, 0.717) is 6.04 Å². The van der Waals surface area contributed by atoms with E-state index < -0.39 is 0 Å². The minimum Gasteiger partial charge on any atom is -0.380 e. The summed E-state index contributed by atoms with van der Waals surface area (Å²) in [4.78, 5) is 2.39. The fourth-order valence-corrected chi connectivity index (χ4v) is 2.26. The first-order chi connectivity index (χ1) is 8.58. The highest BCUT2D eigenvalue weighted by atomic mass is 16.5. The lowest BCUT2D eigenvalue weighted by molar-refractivity contribution is 0.0993. The average molecular weight is 256 g/mol. The van der Waals surface area contributed by atoms with E-state index in [-0.39, 0.29) is 0 Å². The fourth-order valence-electron chi connectivity index (χ4n) is 2.26. The quantitative estimate of drug-likeness (QED) is 0.577. The summed E-state index contributed by atoms with van der Waals surface area (Å²) < 4.78 is 5.66. The van der Waals surface area contributed by atoms with Crippen LogP contribution < -0.4 is 5.73 Å². The number of likely N-dealkylation sites (N-methyl/N-ethyl adjacent to an activating group) is 1. The number of rotatable bonds is 11. The third-order valence-corrected chi connectivity index (χ3v) is 3.65. The van der Waals surface area contributed by atoms with E-state index in [0.717, 1.165) is 38.0 Å². The zero-order valence-corrected chi connectivity index (χ0v) is 12.5. The molecule has 0 bridgehead atoms. The lowest BCUT2D eigenvalue weighted by Crippen LogP contribution is -2.28. The third kappa shape index (κ3) is 8.90. The summed E-state index contributed by atoms with van der Waals surface area (Å²) >= 11 is 0. The molecule has 0 spiro atoms. The van der Waals surface area contributed by atoms with Crippen LogP contribution in [0, 0.1) is 11.8 Å². The van der Waals surface area contributed by atoms with Crippen molar-refractivity contribution >= 4 is 0 Å². The minimum absolute atomic E-state index is 0.353. The maximum absolute atomic E-state index is 5.76. The van der Waals surface area contributed by atoms with Crippen LogP contribution in [0.3, 0.4) is 0 Å². The van der Waals surface area contributed by atoms with Gasteiger partial charge < -0.3 is 15.4 Å². The van der Waals surface area contributed by atoms with Crippen molar-refractivity contribution in [3.05, 3.63) is 0 Å². The Bertz CT molecular complexity index is 205. The maximum atomic E-state index is 5.76. The molecule has 0 aromatic carbocycles. The predicted octanol–water partition coefficient (Wildman–Crippen LogP) is 2.50. The van der Waals surface area contributed by atoms with Crippen LogP contribution in [0.15, 0.2) is 0 Å². The number of nitrogens with two attached hydrogens (primary N) is 1. The largest absolute Gasteiger partial charge is 0.380 e. The van der Waals surface area contributed by atoms with Crippen molar-refractivity contribution in [2.24, 2.45) is 17.6 Å². The monoisotopic (exact) mass is 256 g/mol. The van der Waals surface area contributed by atoms with Crippen LogP contribution >= 0.6 is 0 Å². The zero-order valence-electron chi connectivity index (χ0n) is 12.5. The summed E-state index contributed by atoms with van der Waals surface area (Å²) in [5.41, 5.74) is 5.76. The van der Waals surface area contributed by atoms with E-state index in [1.54, 1.807) is 0 Å². The molecule has 3 nitrogen and oxygen atoms in total. The molecule has 0 aromatic rings. The lowest BCUT2D eigenvalue weighted by atomic mass is 10.0. The van der Waals surface area contributed by atoms with Gasteiger partial charge in [-0.15, -0.1) is 0 Å². The van der Waals surface area contributed by atoms with Crippen molar-refractivity contribution in [1.29, 1.82) is 0 Å². The van der Waals surface area contributed by atoms with Crippen molar-refractivity contribution in [3.8, 4) is 0 Å². The maximum Gasteiger partial charge on any atom is 0.0593 e. The molecule has 1 aliphatic rings. The Labute approximate surface area is 113 Å². The first-order valence-electron chi connectivity index (χ1n) is 7.59. The number of nitrogens with zero attached hydrogens (tertiary/aromatic N) is 1. The molecule has 2 atom stereocenters. The van der Waals surface area contributed by atoms with Gasteiger partial charge in [-0.05, 0) is 51.5 Å². The normalized spacial score (nSPS) is 19.2. The molecular formula is C15H32N2O. The van der Waals surface area contributed by atoms with E-state index in [9.17, 15) is 0 Å². The standard InChI is InChI=1S/C15H32N2O/c1-13(5-4-6-14(2)16)11-17(3)9-10-18-12-15-7-8-15/h13-15H,4-12,16H2,1-3H3. The molecule has 0 aliphatic heterocycles. The van der Waals surface area contributed by atoms with Gasteiger partial charge in [0.1, 0.15) is 0 Å². The minimum atomic E-state index is 0.353. The van der Waals surface area contributed by atoms with Gasteiger partial charge in [-0.25, -0.2) is 0 Å². The molecule has 0 amide bonds. The molecule has 1 saturated carbocycles. The van der Waals surface area contributed by atoms with Gasteiger partial charge in [-0.2, -0.15) is 0 Å². The van der Waals surface area contributed by atoms with Crippen LogP contribution in [0.1, 0.15) is 46.0 Å². The molecule has 0 aromatic heterocycles. The van der Waals surface area contributed by atoms with Crippen molar-refractivity contribution in [2.75, 3.05) is 33.4 Å². The average Bonchev–Trinajstić information content (AvgIpc) is 3.07. The van der Waals surface area contributed by atoms with Gasteiger partial charge in [0.05, 0.1) is 6.61 Å². The van der Waals surface area contributed by atoms with Gasteiger partial charge in [-0.3, -0.25) is 0 Å². The van der Waals surface area contributed by atoms with E-state index in [2.05, 4.69) is 25.8 Å². The molecule has 2 N–H and O–H groups in total. The van der Waals surface area contributed by atoms with E-state index in [1.165, 1.54) is 32.2 Å². The molecule has 1 aliphatic carbocycles. The van der Waals surface area contributed by atoms with E-state index in [4.69, 9.17) is 10.5 Å². The summed E-state index contributed by atoms with van der Waals surface area (Å²) in [5.74, 6) is 1.64. The number of hydrogen-bond acceptors (Lipinski definition) is 3. The summed E-state index contributed by atoms with van der Waals surface area (Å²) in [5, 5.41) is 0. The van der Waals surface area contributed by atoms with Crippen molar-refractivity contribution in [2.45, 2.75) is 52.0 Å². The number of ether oxygens (including phenoxy) is 1. The summed E-state index contributed by atoms with van der Waals surface area (Å²) in [6.07, 6.45) is 6.46. The Kier molecular flexibility index (Phi) is 7.87. The Morgan fingerprint density at radius 2 is 2.00 bits per heavy atom. The molecular weight excluding hydrogens is 224 g/mol. The van der Waals surface area contributed by atoms with Gasteiger partial charge in [0.25, 0.3) is 0 Å². The predicted molar refractivity (Wildman–Crippen MR) is 77.7 cm³/mol. The summed E-state index contributed by atoms with van der Waals surface area (Å²) in [6.45, 7) is 8.53. The SMILES string of the molecule is CC(N)CCCC(C)CN(C)CCOCC1CC1. The molecule has 108 valence electrons. The summed E-state index contributed by atoms with van der Waals surface area (Å²) in [7, 11) is 2.20. The molecule has 0 saturated heterocycles. The molecule has 3 heteroatoms. The van der Waals surface area contributed by atoms with Crippen LogP contribution in [0.25, 0.3) is 0 Å². The second-order valence-electron chi connectivity index (χ2n) is 6.29. The van der Waals surface area contributed by atoms with Crippen LogP contribution in [0.4, 0.5) is 0 Å². The second kappa shape index (κ2) is 8.89. The smallest absolute Gasteiger partial charge is 0.0593 e. The Hall–Kier alpha value is -0.120. The molecule has 2 unspecified atom stereocenters. The fraction of sp³-hybridized carbons (Fsp3) is 1.00. The van der Waals surface area contributed by atoms with Gasteiger partial charge >= 0.3 is 0 Å². The van der Waals surface area contributed by atoms with Crippen LogP contribution in [0.5, 0.6) is 0 Å². The molecule has 0 radical (unpaired) electrons. The topological polar surface area (TPSA) is 38.5 Å². The van der Waals surface area contributed by atoms with Gasteiger partial charge in [0, 0.05) is 25.7 Å². The highest BCUT2D eigenvalue weighted by molar-refractivity contribution is 4.72. The van der Waals surface area contributed by atoms with Crippen molar-refractivity contribution < 1.29 is 4.74 Å². The van der Waals surface area contributed by atoms with Crippen molar-refractivity contribution in [1.82, 2.24) is 4.90 Å². The van der Waals surface area contributed by atoms with Crippen molar-refractivity contribution in [3.63, 3.8) is 0 Å². The molecule has 18 heavy (non-hydrogen) atoms. The van der Waals surface area contributed by atoms with Crippen LogP contribution in [0.2, 0.25) is 0 Å². The third-order valence-electron chi connectivity index (χ3n) is 3.65. The lowest BCUT2D eigenvalue weighted by Gasteiger charge is -2.21. The van der Waals surface area contributed by atoms with Gasteiger partial charge in [-0.1, -0.05) is 13.3 Å². The van der Waals surface area contributed by atoms with Crippen LogP contribution in [-0.4, -0.2) is 44.3 Å². The zero-order chi connectivity index (χ0) is 13.4. The van der Waals surface area contributed by atoms with Gasteiger partial charge in [0.15, 0.2) is 0 Å². The summed E-state index contributed by atoms with van der Waals surface area (Å²) in [6, 6.07) is 0.353. The Balaban J connectivity index is 1.90. The molecule has 1 fully saturated rings. The first kappa shape index (κ1) is 15.9. The van der Waals surface area contributed by atoms with Gasteiger partial charge in [0.2, 0.25) is 0 Å². The molecule has 1 rings (SSSR count).